The molecule has 1 aliphatic carbocycles. The Morgan fingerprint density at radius 3 is 2.42 bits per heavy atom. The first-order valence-corrected chi connectivity index (χ1v) is 9.25. The summed E-state index contributed by atoms with van der Waals surface area (Å²) in [5.41, 5.74) is 6.20. The fourth-order valence-electron chi connectivity index (χ4n) is 3.24. The van der Waals surface area contributed by atoms with E-state index < -0.39 is 11.8 Å². The van der Waals surface area contributed by atoms with Crippen LogP contribution >= 0.6 is 0 Å². The zero-order valence-corrected chi connectivity index (χ0v) is 15.1. The lowest BCUT2D eigenvalue weighted by atomic mass is 9.87. The Bertz CT molecular complexity index is 650. The van der Waals surface area contributed by atoms with Crippen molar-refractivity contribution in [3.05, 3.63) is 35.9 Å². The molecule has 0 heterocycles. The predicted octanol–water partition coefficient (Wildman–Crippen LogP) is 2.16. The third-order valence-electron chi connectivity index (χ3n) is 4.59. The number of amides is 3. The van der Waals surface area contributed by atoms with Crippen molar-refractivity contribution in [3.8, 4) is 0 Å². The van der Waals surface area contributed by atoms with Crippen LogP contribution in [0.3, 0.4) is 0 Å². The summed E-state index contributed by atoms with van der Waals surface area (Å²) >= 11 is 0. The van der Waals surface area contributed by atoms with Gasteiger partial charge in [-0.3, -0.25) is 14.4 Å². The van der Waals surface area contributed by atoms with E-state index in [0.717, 1.165) is 31.2 Å². The average Bonchev–Trinajstić information content (AvgIpc) is 2.62. The third-order valence-corrected chi connectivity index (χ3v) is 4.59. The van der Waals surface area contributed by atoms with E-state index >= 15 is 0 Å². The summed E-state index contributed by atoms with van der Waals surface area (Å²) in [6.45, 7) is 0.400. The number of carbonyl (C=O) groups excluding carboxylic acids is 3. The smallest absolute Gasteiger partial charge is 0.266 e. The highest BCUT2D eigenvalue weighted by atomic mass is 16.2. The molecule has 0 bridgehead atoms. The van der Waals surface area contributed by atoms with E-state index in [-0.39, 0.29) is 18.0 Å². The van der Waals surface area contributed by atoms with Crippen molar-refractivity contribution in [2.24, 2.45) is 16.6 Å². The predicted molar refractivity (Wildman–Crippen MR) is 101 cm³/mol. The highest BCUT2D eigenvalue weighted by molar-refractivity contribution is 6.43. The second-order valence-corrected chi connectivity index (χ2v) is 6.79. The van der Waals surface area contributed by atoms with Crippen molar-refractivity contribution in [2.75, 3.05) is 6.54 Å². The van der Waals surface area contributed by atoms with E-state index in [9.17, 15) is 14.4 Å². The molecule has 3 amide bonds. The van der Waals surface area contributed by atoms with Crippen LogP contribution in [-0.2, 0) is 20.8 Å². The molecule has 140 valence electrons. The number of hydrogen-bond donors (Lipinski definition) is 2. The van der Waals surface area contributed by atoms with Crippen LogP contribution in [0.4, 0.5) is 0 Å². The molecular weight excluding hydrogens is 330 g/mol. The maximum atomic E-state index is 12.3. The summed E-state index contributed by atoms with van der Waals surface area (Å²) in [5.74, 6) is -1.19. The van der Waals surface area contributed by atoms with E-state index in [4.69, 9.17) is 5.73 Å². The Labute approximate surface area is 154 Å². The van der Waals surface area contributed by atoms with Gasteiger partial charge in [-0.25, -0.2) is 4.99 Å². The van der Waals surface area contributed by atoms with E-state index in [0.29, 0.717) is 25.3 Å². The first-order valence-electron chi connectivity index (χ1n) is 9.25. The van der Waals surface area contributed by atoms with Crippen LogP contribution in [0.1, 0.15) is 50.5 Å². The molecule has 1 aromatic rings. The van der Waals surface area contributed by atoms with Gasteiger partial charge in [0.1, 0.15) is 5.71 Å². The molecular formula is C20H27N3O3. The molecule has 0 spiro atoms. The molecule has 1 saturated carbocycles. The van der Waals surface area contributed by atoms with Crippen LogP contribution in [-0.4, -0.2) is 30.0 Å². The van der Waals surface area contributed by atoms with Gasteiger partial charge < -0.3 is 11.1 Å². The maximum absolute atomic E-state index is 12.3. The van der Waals surface area contributed by atoms with Gasteiger partial charge in [-0.05, 0) is 30.7 Å². The van der Waals surface area contributed by atoms with Crippen molar-refractivity contribution < 1.29 is 14.4 Å². The second-order valence-electron chi connectivity index (χ2n) is 6.79. The Balaban J connectivity index is 1.90. The molecule has 1 fully saturated rings. The van der Waals surface area contributed by atoms with E-state index in [1.54, 1.807) is 0 Å². The first kappa shape index (κ1) is 19.8. The quantitative estimate of drug-likeness (QED) is 0.697. The van der Waals surface area contributed by atoms with Crippen LogP contribution < -0.4 is 11.1 Å². The Morgan fingerprint density at radius 2 is 1.77 bits per heavy atom. The molecule has 0 aromatic heterocycles. The summed E-state index contributed by atoms with van der Waals surface area (Å²) in [6.07, 6.45) is 6.20. The van der Waals surface area contributed by atoms with Crippen LogP contribution in [0.5, 0.6) is 0 Å². The van der Waals surface area contributed by atoms with Crippen molar-refractivity contribution in [1.29, 1.82) is 0 Å². The van der Waals surface area contributed by atoms with Gasteiger partial charge in [0, 0.05) is 13.0 Å². The van der Waals surface area contributed by atoms with Crippen LogP contribution in [0.15, 0.2) is 35.3 Å². The molecule has 6 nitrogen and oxygen atoms in total. The Morgan fingerprint density at radius 1 is 1.08 bits per heavy atom. The number of rotatable bonds is 8. The normalized spacial score (nSPS) is 15.5. The third kappa shape index (κ3) is 7.17. The van der Waals surface area contributed by atoms with Gasteiger partial charge in [0.05, 0.1) is 6.42 Å². The van der Waals surface area contributed by atoms with Gasteiger partial charge >= 0.3 is 0 Å². The summed E-state index contributed by atoms with van der Waals surface area (Å²) < 4.78 is 0. The molecule has 1 aromatic carbocycles. The van der Waals surface area contributed by atoms with Gasteiger partial charge in [0.2, 0.25) is 11.8 Å². The zero-order chi connectivity index (χ0) is 18.8. The number of nitrogens with one attached hydrogen (secondary N) is 1. The number of aliphatic imine (C=N–C) groups is 1. The first-order chi connectivity index (χ1) is 12.5. The van der Waals surface area contributed by atoms with Crippen molar-refractivity contribution in [1.82, 2.24) is 5.32 Å². The number of nitrogens with zero attached hydrogens (tertiary/aromatic N) is 1. The minimum Gasteiger partial charge on any atom is -0.369 e. The number of carbonyl (C=O) groups is 3. The minimum absolute atomic E-state index is 0.0913. The lowest BCUT2D eigenvalue weighted by molar-refractivity contribution is -0.120. The van der Waals surface area contributed by atoms with Crippen LogP contribution in [0.25, 0.3) is 0 Å². The van der Waals surface area contributed by atoms with Crippen LogP contribution in [0.2, 0.25) is 0 Å². The fourth-order valence-corrected chi connectivity index (χ4v) is 3.24. The molecule has 2 rings (SSSR count). The van der Waals surface area contributed by atoms with Gasteiger partial charge in [-0.1, -0.05) is 49.6 Å². The highest BCUT2D eigenvalue weighted by Gasteiger charge is 2.20. The topological polar surface area (TPSA) is 102 Å². The van der Waals surface area contributed by atoms with Crippen molar-refractivity contribution >= 4 is 23.4 Å². The van der Waals surface area contributed by atoms with E-state index in [1.165, 1.54) is 6.42 Å². The van der Waals surface area contributed by atoms with Crippen molar-refractivity contribution in [2.45, 2.75) is 51.4 Å². The van der Waals surface area contributed by atoms with Gasteiger partial charge in [-0.15, -0.1) is 0 Å². The molecule has 1 aliphatic rings. The molecule has 0 aliphatic heterocycles. The Hall–Kier alpha value is -2.50. The van der Waals surface area contributed by atoms with Crippen molar-refractivity contribution in [3.63, 3.8) is 0 Å². The number of primary amides is 1. The highest BCUT2D eigenvalue weighted by Crippen LogP contribution is 2.26. The number of benzene rings is 1. The largest absolute Gasteiger partial charge is 0.369 e. The van der Waals surface area contributed by atoms with Gasteiger partial charge in [0.15, 0.2) is 0 Å². The van der Waals surface area contributed by atoms with Gasteiger partial charge in [0.25, 0.3) is 5.91 Å². The summed E-state index contributed by atoms with van der Waals surface area (Å²) in [4.78, 5) is 39.6. The molecule has 3 N–H and O–H groups in total. The zero-order valence-electron chi connectivity index (χ0n) is 15.1. The summed E-state index contributed by atoms with van der Waals surface area (Å²) in [6, 6.07) is 9.73. The SMILES string of the molecule is NC(=O)C/C(=N\C(=O)CC1CCCCC1)C(=O)NCCc1ccccc1. The molecule has 0 unspecified atom stereocenters. The fraction of sp³-hybridized carbons (Fsp3) is 0.500. The monoisotopic (exact) mass is 357 g/mol. The van der Waals surface area contributed by atoms with E-state index in [1.807, 2.05) is 30.3 Å². The molecule has 26 heavy (non-hydrogen) atoms. The lowest BCUT2D eigenvalue weighted by Crippen LogP contribution is -2.35. The summed E-state index contributed by atoms with van der Waals surface area (Å²) in [5, 5.41) is 2.72. The Kier molecular flexibility index (Phi) is 7.99. The standard InChI is InChI=1S/C20H27N3O3/c21-18(24)14-17(23-19(25)13-16-9-5-2-6-10-16)20(26)22-12-11-15-7-3-1-4-8-15/h1,3-4,7-8,16H,2,5-6,9-14H2,(H2,21,24)(H,22,26)/b23-17+. The lowest BCUT2D eigenvalue weighted by Gasteiger charge is -2.19. The molecule has 0 radical (unpaired) electrons. The molecule has 0 atom stereocenters. The van der Waals surface area contributed by atoms with E-state index in [2.05, 4.69) is 10.3 Å². The van der Waals surface area contributed by atoms with Gasteiger partial charge in [-0.2, -0.15) is 0 Å². The average molecular weight is 357 g/mol. The molecule has 6 heteroatoms. The molecule has 0 saturated heterocycles. The number of nitrogens with two attached hydrogens (primary N) is 1. The maximum Gasteiger partial charge on any atom is 0.266 e. The van der Waals surface area contributed by atoms with Crippen LogP contribution in [0, 0.1) is 5.92 Å². The second kappa shape index (κ2) is 10.5. The summed E-state index contributed by atoms with van der Waals surface area (Å²) in [7, 11) is 0. The minimum atomic E-state index is -0.674. The number of hydrogen-bond acceptors (Lipinski definition) is 3.